The van der Waals surface area contributed by atoms with Crippen LogP contribution in [0.25, 0.3) is 0 Å². The van der Waals surface area contributed by atoms with Crippen LogP contribution in [0.3, 0.4) is 0 Å². The number of hydrogen-bond donors (Lipinski definition) is 1. The molecule has 1 N–H and O–H groups in total. The maximum absolute atomic E-state index is 12.5. The Kier molecular flexibility index (Phi) is 6.60. The van der Waals surface area contributed by atoms with E-state index >= 15 is 0 Å². The highest BCUT2D eigenvalue weighted by atomic mass is 19.4. The van der Waals surface area contributed by atoms with E-state index in [1.165, 1.54) is 0 Å². The Morgan fingerprint density at radius 2 is 1.79 bits per heavy atom. The lowest BCUT2D eigenvalue weighted by atomic mass is 9.85. The van der Waals surface area contributed by atoms with Gasteiger partial charge < -0.3 is 5.32 Å². The van der Waals surface area contributed by atoms with Gasteiger partial charge in [-0.1, -0.05) is 26.7 Å². The quantitative estimate of drug-likeness (QED) is 0.685. The molecule has 0 spiro atoms. The predicted octanol–water partition coefficient (Wildman–Crippen LogP) is 3.43. The molecule has 0 aromatic carbocycles. The summed E-state index contributed by atoms with van der Waals surface area (Å²) in [5.41, 5.74) is 0.0520. The SMILES string of the molecule is CCCNCC1(CN(CC)CC(F)(F)F)CCCC1. The van der Waals surface area contributed by atoms with Crippen molar-refractivity contribution in [3.63, 3.8) is 0 Å². The largest absolute Gasteiger partial charge is 0.401 e. The van der Waals surface area contributed by atoms with Gasteiger partial charge in [0.25, 0.3) is 0 Å². The molecule has 0 unspecified atom stereocenters. The number of rotatable bonds is 8. The highest BCUT2D eigenvalue weighted by Gasteiger charge is 2.38. The van der Waals surface area contributed by atoms with Crippen molar-refractivity contribution in [1.82, 2.24) is 10.2 Å². The molecule has 0 atom stereocenters. The first-order chi connectivity index (χ1) is 8.91. The van der Waals surface area contributed by atoms with E-state index in [2.05, 4.69) is 12.2 Å². The molecule has 0 bridgehead atoms. The summed E-state index contributed by atoms with van der Waals surface area (Å²) in [4.78, 5) is 1.55. The molecule has 0 heterocycles. The van der Waals surface area contributed by atoms with Crippen molar-refractivity contribution in [2.24, 2.45) is 5.41 Å². The van der Waals surface area contributed by atoms with E-state index in [9.17, 15) is 13.2 Å². The van der Waals surface area contributed by atoms with Crippen molar-refractivity contribution in [2.75, 3.05) is 32.7 Å². The van der Waals surface area contributed by atoms with E-state index in [-0.39, 0.29) is 5.41 Å². The van der Waals surface area contributed by atoms with Gasteiger partial charge in [0.15, 0.2) is 0 Å². The first-order valence-electron chi connectivity index (χ1n) is 7.40. The summed E-state index contributed by atoms with van der Waals surface area (Å²) in [5.74, 6) is 0. The molecular formula is C14H27F3N2. The minimum atomic E-state index is -4.09. The third-order valence-electron chi connectivity index (χ3n) is 4.00. The zero-order chi connectivity index (χ0) is 14.4. The van der Waals surface area contributed by atoms with Crippen molar-refractivity contribution in [3.8, 4) is 0 Å². The molecular weight excluding hydrogens is 253 g/mol. The molecule has 1 saturated carbocycles. The lowest BCUT2D eigenvalue weighted by Crippen LogP contribution is -2.45. The Hall–Kier alpha value is -0.290. The molecule has 2 nitrogen and oxygen atoms in total. The fraction of sp³-hybridized carbons (Fsp3) is 1.00. The Balaban J connectivity index is 2.55. The molecule has 1 aliphatic carbocycles. The molecule has 19 heavy (non-hydrogen) atoms. The monoisotopic (exact) mass is 280 g/mol. The van der Waals surface area contributed by atoms with Gasteiger partial charge in [-0.15, -0.1) is 0 Å². The Morgan fingerprint density at radius 3 is 2.26 bits per heavy atom. The first kappa shape index (κ1) is 16.8. The summed E-state index contributed by atoms with van der Waals surface area (Å²) < 4.78 is 37.6. The van der Waals surface area contributed by atoms with Crippen LogP contribution in [0, 0.1) is 5.41 Å². The minimum Gasteiger partial charge on any atom is -0.316 e. The summed E-state index contributed by atoms with van der Waals surface area (Å²) in [7, 11) is 0. The van der Waals surface area contributed by atoms with Crippen LogP contribution in [-0.2, 0) is 0 Å². The van der Waals surface area contributed by atoms with Crippen molar-refractivity contribution in [3.05, 3.63) is 0 Å². The standard InChI is InChI=1S/C14H27F3N2/c1-3-9-18-10-13(7-5-6-8-13)11-19(4-2)12-14(15,16)17/h18H,3-12H2,1-2H3. The Labute approximate surface area is 114 Å². The van der Waals surface area contributed by atoms with Gasteiger partial charge in [0.1, 0.15) is 0 Å². The number of nitrogens with one attached hydrogen (secondary N) is 1. The lowest BCUT2D eigenvalue weighted by molar-refractivity contribution is -0.148. The van der Waals surface area contributed by atoms with Crippen molar-refractivity contribution in [2.45, 2.75) is 52.1 Å². The van der Waals surface area contributed by atoms with Gasteiger partial charge in [-0.3, -0.25) is 4.90 Å². The maximum Gasteiger partial charge on any atom is 0.401 e. The summed E-state index contributed by atoms with van der Waals surface area (Å²) >= 11 is 0. The zero-order valence-corrected chi connectivity index (χ0v) is 12.2. The molecule has 0 aromatic rings. The second-order valence-corrected chi connectivity index (χ2v) is 5.80. The van der Waals surface area contributed by atoms with Crippen LogP contribution in [-0.4, -0.2) is 43.8 Å². The maximum atomic E-state index is 12.5. The highest BCUT2D eigenvalue weighted by Crippen LogP contribution is 2.38. The number of halogens is 3. The fourth-order valence-electron chi connectivity index (χ4n) is 3.05. The van der Waals surface area contributed by atoms with Gasteiger partial charge in [-0.25, -0.2) is 0 Å². The average Bonchev–Trinajstić information content (AvgIpc) is 2.76. The van der Waals surface area contributed by atoms with Crippen LogP contribution >= 0.6 is 0 Å². The molecule has 1 aliphatic rings. The van der Waals surface area contributed by atoms with E-state index in [0.29, 0.717) is 13.1 Å². The molecule has 0 saturated heterocycles. The number of nitrogens with zero attached hydrogens (tertiary/aromatic N) is 1. The third kappa shape index (κ3) is 6.13. The molecule has 114 valence electrons. The van der Waals surface area contributed by atoms with E-state index in [4.69, 9.17) is 0 Å². The van der Waals surface area contributed by atoms with Crippen LogP contribution in [0.4, 0.5) is 13.2 Å². The van der Waals surface area contributed by atoms with E-state index < -0.39 is 12.7 Å². The van der Waals surface area contributed by atoms with Gasteiger partial charge in [-0.05, 0) is 37.8 Å². The topological polar surface area (TPSA) is 15.3 Å². The predicted molar refractivity (Wildman–Crippen MR) is 72.2 cm³/mol. The van der Waals surface area contributed by atoms with Crippen LogP contribution in [0.2, 0.25) is 0 Å². The first-order valence-corrected chi connectivity index (χ1v) is 7.40. The molecule has 1 fully saturated rings. The second-order valence-electron chi connectivity index (χ2n) is 5.80. The van der Waals surface area contributed by atoms with Crippen LogP contribution in [0.5, 0.6) is 0 Å². The van der Waals surface area contributed by atoms with Gasteiger partial charge >= 0.3 is 6.18 Å². The van der Waals surface area contributed by atoms with Gasteiger partial charge in [-0.2, -0.15) is 13.2 Å². The number of hydrogen-bond acceptors (Lipinski definition) is 2. The van der Waals surface area contributed by atoms with E-state index in [0.717, 1.165) is 45.2 Å². The zero-order valence-electron chi connectivity index (χ0n) is 12.2. The van der Waals surface area contributed by atoms with Gasteiger partial charge in [0.2, 0.25) is 0 Å². The minimum absolute atomic E-state index is 0.0520. The van der Waals surface area contributed by atoms with Crippen LogP contribution in [0.1, 0.15) is 46.0 Å². The molecule has 1 rings (SSSR count). The van der Waals surface area contributed by atoms with Crippen molar-refractivity contribution in [1.29, 1.82) is 0 Å². The van der Waals surface area contributed by atoms with Crippen LogP contribution in [0.15, 0.2) is 0 Å². The summed E-state index contributed by atoms with van der Waals surface area (Å²) in [6.45, 7) is 5.99. The normalized spacial score (nSPS) is 19.3. The second kappa shape index (κ2) is 7.48. The molecule has 0 aromatic heterocycles. The van der Waals surface area contributed by atoms with Gasteiger partial charge in [0, 0.05) is 13.1 Å². The lowest BCUT2D eigenvalue weighted by Gasteiger charge is -2.35. The van der Waals surface area contributed by atoms with Crippen molar-refractivity contribution < 1.29 is 13.2 Å². The highest BCUT2D eigenvalue weighted by molar-refractivity contribution is 4.89. The molecule has 0 aliphatic heterocycles. The summed E-state index contributed by atoms with van der Waals surface area (Å²) in [6.07, 6.45) is 1.38. The summed E-state index contributed by atoms with van der Waals surface area (Å²) in [5, 5.41) is 3.40. The molecule has 5 heteroatoms. The van der Waals surface area contributed by atoms with E-state index in [1.807, 2.05) is 6.92 Å². The molecule has 0 radical (unpaired) electrons. The average molecular weight is 280 g/mol. The Morgan fingerprint density at radius 1 is 1.16 bits per heavy atom. The Bertz CT molecular complexity index is 248. The fourth-order valence-corrected chi connectivity index (χ4v) is 3.05. The third-order valence-corrected chi connectivity index (χ3v) is 4.00. The van der Waals surface area contributed by atoms with Gasteiger partial charge in [0.05, 0.1) is 6.54 Å². The van der Waals surface area contributed by atoms with Crippen molar-refractivity contribution >= 4 is 0 Å². The smallest absolute Gasteiger partial charge is 0.316 e. The van der Waals surface area contributed by atoms with Crippen LogP contribution < -0.4 is 5.32 Å². The number of alkyl halides is 3. The summed E-state index contributed by atoms with van der Waals surface area (Å²) in [6, 6.07) is 0. The molecule has 0 amide bonds. The van der Waals surface area contributed by atoms with E-state index in [1.54, 1.807) is 4.90 Å².